The van der Waals surface area contributed by atoms with Gasteiger partial charge in [0.25, 0.3) is 0 Å². The summed E-state index contributed by atoms with van der Waals surface area (Å²) in [5, 5.41) is 0. The summed E-state index contributed by atoms with van der Waals surface area (Å²) in [6.45, 7) is 0. The third-order valence-corrected chi connectivity index (χ3v) is 2.61. The summed E-state index contributed by atoms with van der Waals surface area (Å²) in [6, 6.07) is 13.4. The molecule has 15 heavy (non-hydrogen) atoms. The van der Waals surface area contributed by atoms with E-state index in [-0.39, 0.29) is 0 Å². The van der Waals surface area contributed by atoms with Crippen molar-refractivity contribution in [2.45, 2.75) is 4.90 Å². The highest BCUT2D eigenvalue weighted by atomic mass is 32.1. The number of nitrogen functional groups attached to an aromatic ring is 2. The number of hydrogen-bond acceptors (Lipinski definition) is 3. The van der Waals surface area contributed by atoms with Crippen molar-refractivity contribution >= 4 is 24.0 Å². The molecule has 0 spiro atoms. The lowest BCUT2D eigenvalue weighted by Crippen LogP contribution is -1.87. The van der Waals surface area contributed by atoms with Crippen LogP contribution in [0.2, 0.25) is 0 Å². The van der Waals surface area contributed by atoms with Crippen molar-refractivity contribution in [1.29, 1.82) is 0 Å². The molecule has 2 rings (SSSR count). The van der Waals surface area contributed by atoms with Crippen LogP contribution in [-0.4, -0.2) is 0 Å². The summed E-state index contributed by atoms with van der Waals surface area (Å²) >= 11 is 4.39. The molecule has 0 bridgehead atoms. The van der Waals surface area contributed by atoms with Crippen LogP contribution >= 0.6 is 12.6 Å². The lowest BCUT2D eigenvalue weighted by molar-refractivity contribution is 1.46. The smallest absolute Gasteiger partial charge is 0.0325 e. The fourth-order valence-corrected chi connectivity index (χ4v) is 1.81. The zero-order valence-electron chi connectivity index (χ0n) is 8.14. The monoisotopic (exact) mass is 216 g/mol. The van der Waals surface area contributed by atoms with Gasteiger partial charge in [-0.2, -0.15) is 0 Å². The van der Waals surface area contributed by atoms with Gasteiger partial charge in [0, 0.05) is 16.3 Å². The summed E-state index contributed by atoms with van der Waals surface area (Å²) < 4.78 is 0. The van der Waals surface area contributed by atoms with Crippen LogP contribution in [0.15, 0.2) is 47.4 Å². The molecule has 0 unspecified atom stereocenters. The molecule has 0 aromatic heterocycles. The van der Waals surface area contributed by atoms with Gasteiger partial charge in [-0.15, -0.1) is 12.6 Å². The molecule has 76 valence electrons. The zero-order chi connectivity index (χ0) is 10.8. The number of rotatable bonds is 1. The van der Waals surface area contributed by atoms with Crippen LogP contribution < -0.4 is 11.5 Å². The van der Waals surface area contributed by atoms with E-state index >= 15 is 0 Å². The Bertz CT molecular complexity index is 477. The van der Waals surface area contributed by atoms with E-state index in [0.29, 0.717) is 0 Å². The molecule has 0 fully saturated rings. The Morgan fingerprint density at radius 2 is 1.40 bits per heavy atom. The third-order valence-electron chi connectivity index (χ3n) is 2.24. The van der Waals surface area contributed by atoms with Gasteiger partial charge in [0.15, 0.2) is 0 Å². The van der Waals surface area contributed by atoms with Crippen LogP contribution in [0.5, 0.6) is 0 Å². The Hall–Kier alpha value is -1.61. The van der Waals surface area contributed by atoms with Crippen molar-refractivity contribution < 1.29 is 0 Å². The maximum Gasteiger partial charge on any atom is 0.0325 e. The first-order valence-corrected chi connectivity index (χ1v) is 5.06. The van der Waals surface area contributed by atoms with E-state index in [4.69, 9.17) is 11.5 Å². The first-order chi connectivity index (χ1) is 7.16. The fourth-order valence-electron chi connectivity index (χ4n) is 1.46. The molecule has 0 atom stereocenters. The van der Waals surface area contributed by atoms with E-state index in [9.17, 15) is 0 Å². The Balaban J connectivity index is 2.49. The van der Waals surface area contributed by atoms with Crippen LogP contribution in [0.25, 0.3) is 11.1 Å². The molecular formula is C12H12N2S. The fraction of sp³-hybridized carbons (Fsp3) is 0. The number of thiol groups is 1. The minimum absolute atomic E-state index is 0.721. The SMILES string of the molecule is Nc1ccc(-c2ccc(N)cc2S)cc1. The third kappa shape index (κ3) is 2.07. The van der Waals surface area contributed by atoms with Gasteiger partial charge in [0.1, 0.15) is 0 Å². The molecule has 0 saturated heterocycles. The molecule has 3 heteroatoms. The zero-order valence-corrected chi connectivity index (χ0v) is 9.04. The molecule has 4 N–H and O–H groups in total. The summed E-state index contributed by atoms with van der Waals surface area (Å²) in [6.07, 6.45) is 0. The second-order valence-corrected chi connectivity index (χ2v) is 3.88. The molecule has 0 aliphatic rings. The van der Waals surface area contributed by atoms with E-state index in [2.05, 4.69) is 12.6 Å². The van der Waals surface area contributed by atoms with Gasteiger partial charge in [-0.05, 0) is 35.4 Å². The van der Waals surface area contributed by atoms with E-state index in [1.165, 1.54) is 0 Å². The number of nitrogens with two attached hydrogens (primary N) is 2. The van der Waals surface area contributed by atoms with Crippen LogP contribution in [0.1, 0.15) is 0 Å². The van der Waals surface area contributed by atoms with Crippen molar-refractivity contribution in [3.63, 3.8) is 0 Å². The first-order valence-electron chi connectivity index (χ1n) is 4.61. The summed E-state index contributed by atoms with van der Waals surface area (Å²) in [5.41, 5.74) is 14.9. The summed E-state index contributed by atoms with van der Waals surface area (Å²) in [5.74, 6) is 0. The Morgan fingerprint density at radius 3 is 2.00 bits per heavy atom. The molecule has 0 amide bonds. The Kier molecular flexibility index (Phi) is 2.56. The average molecular weight is 216 g/mol. The van der Waals surface area contributed by atoms with Gasteiger partial charge in [0.2, 0.25) is 0 Å². The minimum atomic E-state index is 0.721. The van der Waals surface area contributed by atoms with Crippen molar-refractivity contribution in [2.24, 2.45) is 0 Å². The van der Waals surface area contributed by atoms with E-state index in [0.717, 1.165) is 27.4 Å². The summed E-state index contributed by atoms with van der Waals surface area (Å²) in [7, 11) is 0. The molecule has 0 aliphatic heterocycles. The maximum atomic E-state index is 5.66. The highest BCUT2D eigenvalue weighted by Gasteiger charge is 2.02. The van der Waals surface area contributed by atoms with Gasteiger partial charge >= 0.3 is 0 Å². The van der Waals surface area contributed by atoms with Crippen molar-refractivity contribution in [3.8, 4) is 11.1 Å². The number of benzene rings is 2. The van der Waals surface area contributed by atoms with Crippen molar-refractivity contribution in [3.05, 3.63) is 42.5 Å². The van der Waals surface area contributed by atoms with Crippen LogP contribution in [-0.2, 0) is 0 Å². The molecule has 0 aliphatic carbocycles. The van der Waals surface area contributed by atoms with Gasteiger partial charge in [-0.25, -0.2) is 0 Å². The number of anilines is 2. The van der Waals surface area contributed by atoms with Crippen molar-refractivity contribution in [1.82, 2.24) is 0 Å². The molecule has 2 nitrogen and oxygen atoms in total. The molecule has 2 aromatic rings. The van der Waals surface area contributed by atoms with Gasteiger partial charge in [0.05, 0.1) is 0 Å². The number of hydrogen-bond donors (Lipinski definition) is 3. The highest BCUT2D eigenvalue weighted by molar-refractivity contribution is 7.80. The lowest BCUT2D eigenvalue weighted by atomic mass is 10.1. The molecule has 0 radical (unpaired) electrons. The predicted octanol–water partition coefficient (Wildman–Crippen LogP) is 2.81. The second-order valence-electron chi connectivity index (χ2n) is 3.40. The quantitative estimate of drug-likeness (QED) is 0.507. The lowest BCUT2D eigenvalue weighted by Gasteiger charge is -2.06. The largest absolute Gasteiger partial charge is 0.399 e. The average Bonchev–Trinajstić information content (AvgIpc) is 2.20. The maximum absolute atomic E-state index is 5.66. The second kappa shape index (κ2) is 3.87. The topological polar surface area (TPSA) is 52.0 Å². The van der Waals surface area contributed by atoms with Gasteiger partial charge < -0.3 is 11.5 Å². The van der Waals surface area contributed by atoms with E-state index < -0.39 is 0 Å². The first kappa shape index (κ1) is 9.93. The van der Waals surface area contributed by atoms with Crippen LogP contribution in [0.3, 0.4) is 0 Å². The normalized spacial score (nSPS) is 10.2. The highest BCUT2D eigenvalue weighted by Crippen LogP contribution is 2.28. The molecule has 2 aromatic carbocycles. The Labute approximate surface area is 94.3 Å². The Morgan fingerprint density at radius 1 is 0.800 bits per heavy atom. The van der Waals surface area contributed by atoms with Gasteiger partial charge in [-0.1, -0.05) is 18.2 Å². The van der Waals surface area contributed by atoms with Crippen LogP contribution in [0, 0.1) is 0 Å². The van der Waals surface area contributed by atoms with E-state index in [1.807, 2.05) is 42.5 Å². The van der Waals surface area contributed by atoms with Gasteiger partial charge in [-0.3, -0.25) is 0 Å². The standard InChI is InChI=1S/C12H12N2S/c13-9-3-1-8(2-4-9)11-6-5-10(14)7-12(11)15/h1-7,15H,13-14H2. The van der Waals surface area contributed by atoms with E-state index in [1.54, 1.807) is 0 Å². The molecule has 0 saturated carbocycles. The predicted molar refractivity (Wildman–Crippen MR) is 68.0 cm³/mol. The minimum Gasteiger partial charge on any atom is -0.399 e. The molecular weight excluding hydrogens is 204 g/mol. The van der Waals surface area contributed by atoms with Crippen LogP contribution in [0.4, 0.5) is 11.4 Å². The summed E-state index contributed by atoms with van der Waals surface area (Å²) in [4.78, 5) is 0.875. The van der Waals surface area contributed by atoms with Crippen molar-refractivity contribution in [2.75, 3.05) is 11.5 Å². The molecule has 0 heterocycles.